The minimum absolute atomic E-state index is 0.0983. The van der Waals surface area contributed by atoms with Crippen molar-refractivity contribution in [3.05, 3.63) is 96.5 Å². The summed E-state index contributed by atoms with van der Waals surface area (Å²) in [5.74, 6) is 1.03. The zero-order valence-corrected chi connectivity index (χ0v) is 16.6. The third-order valence-corrected chi connectivity index (χ3v) is 4.53. The molecule has 0 bridgehead atoms. The molecule has 0 atom stereocenters. The molecule has 0 aliphatic rings. The first kappa shape index (κ1) is 20.3. The molecule has 0 fully saturated rings. The third kappa shape index (κ3) is 5.54. The van der Waals surface area contributed by atoms with Crippen molar-refractivity contribution in [3.63, 3.8) is 0 Å². The molecule has 0 aliphatic heterocycles. The number of hydrogen-bond donors (Lipinski definition) is 1. The molecular weight excluding hydrogens is 397 g/mol. The number of nitrogens with one attached hydrogen (secondary N) is 1. The van der Waals surface area contributed by atoms with Crippen LogP contribution in [0.1, 0.15) is 17.9 Å². The van der Waals surface area contributed by atoms with Gasteiger partial charge in [0.15, 0.2) is 23.2 Å². The van der Waals surface area contributed by atoms with E-state index in [9.17, 15) is 9.18 Å². The summed E-state index contributed by atoms with van der Waals surface area (Å²) in [6.07, 6.45) is 5.37. The van der Waals surface area contributed by atoms with Gasteiger partial charge in [-0.05, 0) is 29.8 Å². The van der Waals surface area contributed by atoms with E-state index >= 15 is 0 Å². The highest BCUT2D eigenvalue weighted by Gasteiger charge is 2.10. The number of pyridine rings is 1. The highest BCUT2D eigenvalue weighted by atomic mass is 19.1. The first-order valence-electron chi connectivity index (χ1n) is 9.80. The summed E-state index contributed by atoms with van der Waals surface area (Å²) < 4.78 is 25.5. The molecule has 156 valence electrons. The molecule has 7 heteroatoms. The first-order chi connectivity index (χ1) is 15.2. The molecule has 0 radical (unpaired) electrons. The molecule has 4 rings (SSSR count). The number of benzene rings is 2. The predicted octanol–water partition coefficient (Wildman–Crippen LogP) is 4.92. The quantitative estimate of drug-likeness (QED) is 0.440. The molecule has 1 amide bonds. The lowest BCUT2D eigenvalue weighted by Gasteiger charge is -2.09. The molecule has 0 saturated heterocycles. The number of amides is 1. The van der Waals surface area contributed by atoms with Crippen molar-refractivity contribution in [3.8, 4) is 22.8 Å². The van der Waals surface area contributed by atoms with Crippen molar-refractivity contribution in [2.24, 2.45) is 0 Å². The number of carbonyl (C=O) groups is 1. The zero-order valence-electron chi connectivity index (χ0n) is 16.6. The summed E-state index contributed by atoms with van der Waals surface area (Å²) in [4.78, 5) is 20.3. The Labute approximate surface area is 178 Å². The zero-order chi connectivity index (χ0) is 21.5. The minimum Gasteiger partial charge on any atom is -0.453 e. The van der Waals surface area contributed by atoms with E-state index in [1.54, 1.807) is 30.6 Å². The summed E-state index contributed by atoms with van der Waals surface area (Å²) in [5, 5.41) is 2.78. The summed E-state index contributed by atoms with van der Waals surface area (Å²) in [6.45, 7) is 0.212. The van der Waals surface area contributed by atoms with Crippen molar-refractivity contribution < 1.29 is 18.3 Å². The van der Waals surface area contributed by atoms with Crippen LogP contribution in [0.5, 0.6) is 11.5 Å². The van der Waals surface area contributed by atoms with Gasteiger partial charge in [-0.3, -0.25) is 9.78 Å². The molecule has 2 heterocycles. The van der Waals surface area contributed by atoms with Crippen LogP contribution < -0.4 is 10.1 Å². The van der Waals surface area contributed by atoms with Crippen molar-refractivity contribution >= 4 is 5.91 Å². The summed E-state index contributed by atoms with van der Waals surface area (Å²) in [6, 6.07) is 17.6. The van der Waals surface area contributed by atoms with Gasteiger partial charge in [-0.2, -0.15) is 0 Å². The summed E-state index contributed by atoms with van der Waals surface area (Å²) >= 11 is 0. The van der Waals surface area contributed by atoms with Crippen LogP contribution in [0.25, 0.3) is 11.3 Å². The fraction of sp³-hybridized carbons (Fsp3) is 0.125. The summed E-state index contributed by atoms with van der Waals surface area (Å²) in [5.41, 5.74) is 1.57. The van der Waals surface area contributed by atoms with E-state index in [1.807, 2.05) is 30.3 Å². The van der Waals surface area contributed by atoms with Gasteiger partial charge in [0.25, 0.3) is 0 Å². The fourth-order valence-electron chi connectivity index (χ4n) is 2.94. The largest absolute Gasteiger partial charge is 0.453 e. The Morgan fingerprint density at radius 3 is 2.71 bits per heavy atom. The fourth-order valence-corrected chi connectivity index (χ4v) is 2.94. The molecule has 2 aromatic heterocycles. The van der Waals surface area contributed by atoms with Gasteiger partial charge in [0, 0.05) is 31.1 Å². The molecule has 0 saturated carbocycles. The molecule has 6 nitrogen and oxygen atoms in total. The van der Waals surface area contributed by atoms with Gasteiger partial charge in [0.05, 0.1) is 12.4 Å². The van der Waals surface area contributed by atoms with E-state index in [0.717, 1.165) is 5.56 Å². The lowest BCUT2D eigenvalue weighted by Crippen LogP contribution is -2.23. The SMILES string of the molecule is O=C(CCc1ncc(-c2ccccc2)o1)NCc1ccc(Oc2cccnc2)c(F)c1. The number of oxazole rings is 1. The third-order valence-electron chi connectivity index (χ3n) is 4.53. The van der Waals surface area contributed by atoms with Gasteiger partial charge < -0.3 is 14.5 Å². The predicted molar refractivity (Wildman–Crippen MR) is 113 cm³/mol. The number of ether oxygens (including phenoxy) is 1. The number of aryl methyl sites for hydroxylation is 1. The molecule has 0 spiro atoms. The lowest BCUT2D eigenvalue weighted by molar-refractivity contribution is -0.121. The van der Waals surface area contributed by atoms with Crippen molar-refractivity contribution in [1.29, 1.82) is 0 Å². The number of halogens is 1. The van der Waals surface area contributed by atoms with Crippen LogP contribution >= 0.6 is 0 Å². The van der Waals surface area contributed by atoms with E-state index < -0.39 is 5.82 Å². The molecular formula is C24H20FN3O3. The molecule has 31 heavy (non-hydrogen) atoms. The Morgan fingerprint density at radius 2 is 1.94 bits per heavy atom. The molecule has 4 aromatic rings. The van der Waals surface area contributed by atoms with Gasteiger partial charge in [0.2, 0.25) is 5.91 Å². The van der Waals surface area contributed by atoms with Crippen LogP contribution in [0.15, 0.2) is 83.7 Å². The van der Waals surface area contributed by atoms with Crippen LogP contribution in [0.3, 0.4) is 0 Å². The second kappa shape index (κ2) is 9.67. The Hall–Kier alpha value is -4.00. The van der Waals surface area contributed by atoms with Gasteiger partial charge >= 0.3 is 0 Å². The van der Waals surface area contributed by atoms with Crippen LogP contribution in [0.2, 0.25) is 0 Å². The van der Waals surface area contributed by atoms with E-state index in [2.05, 4.69) is 15.3 Å². The van der Waals surface area contributed by atoms with Gasteiger partial charge in [-0.15, -0.1) is 0 Å². The van der Waals surface area contributed by atoms with E-state index in [1.165, 1.54) is 18.3 Å². The normalized spacial score (nSPS) is 10.6. The van der Waals surface area contributed by atoms with Gasteiger partial charge in [-0.1, -0.05) is 36.4 Å². The number of rotatable bonds is 8. The van der Waals surface area contributed by atoms with Crippen LogP contribution in [0, 0.1) is 5.82 Å². The Morgan fingerprint density at radius 1 is 1.06 bits per heavy atom. The van der Waals surface area contributed by atoms with Crippen molar-refractivity contribution in [1.82, 2.24) is 15.3 Å². The smallest absolute Gasteiger partial charge is 0.220 e. The number of hydrogen-bond acceptors (Lipinski definition) is 5. The highest BCUT2D eigenvalue weighted by molar-refractivity contribution is 5.76. The molecule has 1 N–H and O–H groups in total. The average molecular weight is 417 g/mol. The van der Waals surface area contributed by atoms with E-state index in [0.29, 0.717) is 29.4 Å². The lowest BCUT2D eigenvalue weighted by atomic mass is 10.2. The van der Waals surface area contributed by atoms with Crippen LogP contribution in [0.4, 0.5) is 4.39 Å². The topological polar surface area (TPSA) is 77.2 Å². The Balaban J connectivity index is 1.26. The Kier molecular flexibility index (Phi) is 6.32. The van der Waals surface area contributed by atoms with E-state index in [-0.39, 0.29) is 24.6 Å². The number of carbonyl (C=O) groups excluding carboxylic acids is 1. The average Bonchev–Trinajstić information content (AvgIpc) is 3.28. The Bertz CT molecular complexity index is 1150. The molecule has 0 aliphatic carbocycles. The van der Waals surface area contributed by atoms with Crippen molar-refractivity contribution in [2.75, 3.05) is 0 Å². The highest BCUT2D eigenvalue weighted by Crippen LogP contribution is 2.24. The van der Waals surface area contributed by atoms with Crippen LogP contribution in [-0.4, -0.2) is 15.9 Å². The van der Waals surface area contributed by atoms with Gasteiger partial charge in [0.1, 0.15) is 5.75 Å². The monoisotopic (exact) mass is 417 g/mol. The maximum atomic E-state index is 14.3. The standard InChI is InChI=1S/C24H20FN3O3/c25-20-13-17(8-9-21(20)30-19-7-4-12-26-15-19)14-27-23(29)10-11-24-28-16-22(31-24)18-5-2-1-3-6-18/h1-9,12-13,15-16H,10-11,14H2,(H,27,29). The summed E-state index contributed by atoms with van der Waals surface area (Å²) in [7, 11) is 0. The van der Waals surface area contributed by atoms with Crippen LogP contribution in [-0.2, 0) is 17.8 Å². The molecule has 0 unspecified atom stereocenters. The van der Waals surface area contributed by atoms with Crippen molar-refractivity contribution in [2.45, 2.75) is 19.4 Å². The van der Waals surface area contributed by atoms with E-state index in [4.69, 9.17) is 9.15 Å². The molecule has 2 aromatic carbocycles. The number of nitrogens with zero attached hydrogens (tertiary/aromatic N) is 2. The number of aromatic nitrogens is 2. The first-order valence-corrected chi connectivity index (χ1v) is 9.80. The second-order valence-corrected chi connectivity index (χ2v) is 6.82. The second-order valence-electron chi connectivity index (χ2n) is 6.82. The maximum Gasteiger partial charge on any atom is 0.220 e. The van der Waals surface area contributed by atoms with Gasteiger partial charge in [-0.25, -0.2) is 9.37 Å². The minimum atomic E-state index is -0.510. The maximum absolute atomic E-state index is 14.3.